The summed E-state index contributed by atoms with van der Waals surface area (Å²) in [5.41, 5.74) is 3.28. The SMILES string of the molecule is CCCc1cc(N2CCNCC2)n2nc(CC)cc2n1. The van der Waals surface area contributed by atoms with Gasteiger partial charge >= 0.3 is 0 Å². The largest absolute Gasteiger partial charge is 0.354 e. The summed E-state index contributed by atoms with van der Waals surface area (Å²) in [5.74, 6) is 1.19. The summed E-state index contributed by atoms with van der Waals surface area (Å²) >= 11 is 0. The Kier molecular flexibility index (Phi) is 3.87. The summed E-state index contributed by atoms with van der Waals surface area (Å²) < 4.78 is 2.02. The molecule has 0 amide bonds. The van der Waals surface area contributed by atoms with Crippen molar-refractivity contribution < 1.29 is 0 Å². The first-order valence-electron chi connectivity index (χ1n) is 7.66. The molecule has 3 heterocycles. The molecule has 1 aliphatic heterocycles. The number of hydrogen-bond donors (Lipinski definition) is 1. The fourth-order valence-electron chi connectivity index (χ4n) is 2.73. The van der Waals surface area contributed by atoms with Gasteiger partial charge in [0.25, 0.3) is 0 Å². The number of rotatable bonds is 4. The highest BCUT2D eigenvalue weighted by atomic mass is 15.4. The molecule has 5 nitrogen and oxygen atoms in total. The van der Waals surface area contributed by atoms with Crippen molar-refractivity contribution in [2.75, 3.05) is 31.1 Å². The zero-order chi connectivity index (χ0) is 13.9. The monoisotopic (exact) mass is 273 g/mol. The van der Waals surface area contributed by atoms with Crippen molar-refractivity contribution in [3.05, 3.63) is 23.5 Å². The molecule has 1 aliphatic rings. The zero-order valence-electron chi connectivity index (χ0n) is 12.4. The van der Waals surface area contributed by atoms with Crippen molar-refractivity contribution in [1.82, 2.24) is 19.9 Å². The van der Waals surface area contributed by atoms with Gasteiger partial charge in [0.2, 0.25) is 0 Å². The number of anilines is 1. The van der Waals surface area contributed by atoms with Crippen molar-refractivity contribution in [3.8, 4) is 0 Å². The highest BCUT2D eigenvalue weighted by Gasteiger charge is 2.16. The third-order valence-electron chi connectivity index (χ3n) is 3.82. The number of aryl methyl sites for hydroxylation is 2. The van der Waals surface area contributed by atoms with Gasteiger partial charge in [-0.2, -0.15) is 9.61 Å². The van der Waals surface area contributed by atoms with Crippen molar-refractivity contribution >= 4 is 11.5 Å². The number of piperazine rings is 1. The van der Waals surface area contributed by atoms with E-state index < -0.39 is 0 Å². The molecule has 20 heavy (non-hydrogen) atoms. The Balaban J connectivity index is 2.07. The first kappa shape index (κ1) is 13.4. The summed E-state index contributed by atoms with van der Waals surface area (Å²) in [6, 6.07) is 4.33. The number of fused-ring (bicyclic) bond motifs is 1. The summed E-state index contributed by atoms with van der Waals surface area (Å²) in [5, 5.41) is 8.10. The first-order chi connectivity index (χ1) is 9.81. The maximum absolute atomic E-state index is 4.75. The van der Waals surface area contributed by atoms with E-state index in [1.807, 2.05) is 4.52 Å². The van der Waals surface area contributed by atoms with Gasteiger partial charge in [0.05, 0.1) is 5.69 Å². The highest BCUT2D eigenvalue weighted by molar-refractivity contribution is 5.52. The van der Waals surface area contributed by atoms with Gasteiger partial charge in [-0.1, -0.05) is 20.3 Å². The van der Waals surface area contributed by atoms with Gasteiger partial charge in [0.1, 0.15) is 5.82 Å². The minimum Gasteiger partial charge on any atom is -0.354 e. The second-order valence-electron chi connectivity index (χ2n) is 5.35. The third kappa shape index (κ3) is 2.50. The van der Waals surface area contributed by atoms with E-state index in [2.05, 4.69) is 36.2 Å². The normalized spacial score (nSPS) is 16.0. The fourth-order valence-corrected chi connectivity index (χ4v) is 2.73. The Morgan fingerprint density at radius 2 is 1.95 bits per heavy atom. The summed E-state index contributed by atoms with van der Waals surface area (Å²) in [6.07, 6.45) is 3.11. The lowest BCUT2D eigenvalue weighted by molar-refractivity contribution is 0.579. The van der Waals surface area contributed by atoms with Gasteiger partial charge in [-0.05, 0) is 12.8 Å². The Labute approximate surface area is 120 Å². The topological polar surface area (TPSA) is 45.5 Å². The smallest absolute Gasteiger partial charge is 0.157 e. The van der Waals surface area contributed by atoms with Crippen LogP contribution in [-0.4, -0.2) is 40.8 Å². The van der Waals surface area contributed by atoms with Crippen LogP contribution in [0.2, 0.25) is 0 Å². The first-order valence-corrected chi connectivity index (χ1v) is 7.66. The van der Waals surface area contributed by atoms with Gasteiger partial charge in [-0.15, -0.1) is 0 Å². The second kappa shape index (κ2) is 5.79. The van der Waals surface area contributed by atoms with E-state index >= 15 is 0 Å². The Morgan fingerprint density at radius 3 is 2.65 bits per heavy atom. The standard InChI is InChI=1S/C15H23N5/c1-3-5-13-11-15(19-8-6-16-7-9-19)20-14(17-13)10-12(4-2)18-20/h10-11,16H,3-9H2,1-2H3. The lowest BCUT2D eigenvalue weighted by atomic mass is 10.2. The number of hydrogen-bond acceptors (Lipinski definition) is 4. The zero-order valence-corrected chi connectivity index (χ0v) is 12.4. The van der Waals surface area contributed by atoms with Crippen LogP contribution in [0.3, 0.4) is 0 Å². The Bertz CT molecular complexity index is 583. The van der Waals surface area contributed by atoms with Gasteiger partial charge in [-0.3, -0.25) is 0 Å². The van der Waals surface area contributed by atoms with Crippen LogP contribution in [-0.2, 0) is 12.8 Å². The van der Waals surface area contributed by atoms with Crippen LogP contribution in [0, 0.1) is 0 Å². The Hall–Kier alpha value is -1.62. The molecule has 0 unspecified atom stereocenters. The van der Waals surface area contributed by atoms with Crippen molar-refractivity contribution in [2.45, 2.75) is 33.1 Å². The van der Waals surface area contributed by atoms with E-state index in [9.17, 15) is 0 Å². The molecule has 0 saturated carbocycles. The molecule has 0 aromatic carbocycles. The van der Waals surface area contributed by atoms with Crippen LogP contribution in [0.4, 0.5) is 5.82 Å². The molecule has 0 atom stereocenters. The Morgan fingerprint density at radius 1 is 1.15 bits per heavy atom. The maximum Gasteiger partial charge on any atom is 0.157 e. The molecule has 1 fully saturated rings. The van der Waals surface area contributed by atoms with Gasteiger partial charge in [-0.25, -0.2) is 4.98 Å². The molecule has 2 aromatic rings. The molecular formula is C15H23N5. The quantitative estimate of drug-likeness (QED) is 0.920. The van der Waals surface area contributed by atoms with Crippen LogP contribution in [0.25, 0.3) is 5.65 Å². The van der Waals surface area contributed by atoms with E-state index in [0.29, 0.717) is 0 Å². The lowest BCUT2D eigenvalue weighted by Gasteiger charge is -2.29. The predicted octanol–water partition coefficient (Wildman–Crippen LogP) is 1.65. The van der Waals surface area contributed by atoms with Crippen LogP contribution < -0.4 is 10.2 Å². The van der Waals surface area contributed by atoms with E-state index in [1.54, 1.807) is 0 Å². The molecule has 1 N–H and O–H groups in total. The minimum absolute atomic E-state index is 0.952. The predicted molar refractivity (Wildman–Crippen MR) is 81.4 cm³/mol. The molecular weight excluding hydrogens is 250 g/mol. The van der Waals surface area contributed by atoms with Crippen molar-refractivity contribution in [2.24, 2.45) is 0 Å². The summed E-state index contributed by atoms with van der Waals surface area (Å²) in [4.78, 5) is 7.16. The fraction of sp³-hybridized carbons (Fsp3) is 0.600. The van der Waals surface area contributed by atoms with Gasteiger partial charge in [0, 0.05) is 44.0 Å². The molecule has 0 bridgehead atoms. The van der Waals surface area contributed by atoms with Gasteiger partial charge in [0.15, 0.2) is 5.65 Å². The molecule has 0 aliphatic carbocycles. The molecule has 108 valence electrons. The van der Waals surface area contributed by atoms with Crippen molar-refractivity contribution in [3.63, 3.8) is 0 Å². The highest BCUT2D eigenvalue weighted by Crippen LogP contribution is 2.20. The molecule has 0 spiro atoms. The van der Waals surface area contributed by atoms with E-state index in [1.165, 1.54) is 11.5 Å². The summed E-state index contributed by atoms with van der Waals surface area (Å²) in [6.45, 7) is 8.48. The third-order valence-corrected chi connectivity index (χ3v) is 3.82. The summed E-state index contributed by atoms with van der Waals surface area (Å²) in [7, 11) is 0. The molecule has 1 saturated heterocycles. The maximum atomic E-state index is 4.75. The van der Waals surface area contributed by atoms with Crippen LogP contribution in [0.15, 0.2) is 12.1 Å². The van der Waals surface area contributed by atoms with Crippen LogP contribution in [0.5, 0.6) is 0 Å². The average Bonchev–Trinajstić information content (AvgIpc) is 2.91. The molecule has 2 aromatic heterocycles. The average molecular weight is 273 g/mol. The van der Waals surface area contributed by atoms with E-state index in [0.717, 1.165) is 56.8 Å². The number of nitrogens with one attached hydrogen (secondary N) is 1. The van der Waals surface area contributed by atoms with E-state index in [-0.39, 0.29) is 0 Å². The molecule has 0 radical (unpaired) electrons. The molecule has 5 heteroatoms. The van der Waals surface area contributed by atoms with E-state index in [4.69, 9.17) is 10.1 Å². The van der Waals surface area contributed by atoms with Gasteiger partial charge < -0.3 is 10.2 Å². The number of nitrogens with zero attached hydrogens (tertiary/aromatic N) is 4. The molecule has 3 rings (SSSR count). The van der Waals surface area contributed by atoms with Crippen molar-refractivity contribution in [1.29, 1.82) is 0 Å². The second-order valence-corrected chi connectivity index (χ2v) is 5.35. The minimum atomic E-state index is 0.952. The number of aromatic nitrogens is 3. The van der Waals surface area contributed by atoms with Crippen LogP contribution in [0.1, 0.15) is 31.7 Å². The van der Waals surface area contributed by atoms with Crippen LogP contribution >= 0.6 is 0 Å². The lowest BCUT2D eigenvalue weighted by Crippen LogP contribution is -2.44.